The van der Waals surface area contributed by atoms with E-state index in [1.54, 1.807) is 12.1 Å². The highest BCUT2D eigenvalue weighted by Gasteiger charge is 2.19. The van der Waals surface area contributed by atoms with Crippen molar-refractivity contribution in [1.82, 2.24) is 5.32 Å². The van der Waals surface area contributed by atoms with Gasteiger partial charge in [-0.05, 0) is 48.4 Å². The molecule has 6 nitrogen and oxygen atoms in total. The summed E-state index contributed by atoms with van der Waals surface area (Å²) in [5, 5.41) is 11.8. The van der Waals surface area contributed by atoms with Gasteiger partial charge in [0.15, 0.2) is 5.78 Å². The molecule has 0 aliphatic carbocycles. The van der Waals surface area contributed by atoms with Gasteiger partial charge in [0.1, 0.15) is 5.75 Å². The van der Waals surface area contributed by atoms with Gasteiger partial charge in [-0.2, -0.15) is 0 Å². The fraction of sp³-hybridized carbons (Fsp3) is 0.167. The summed E-state index contributed by atoms with van der Waals surface area (Å²) in [4.78, 5) is 35.8. The molecule has 0 bridgehead atoms. The molecule has 0 fully saturated rings. The number of Topliss-reactive ketones (excluding diaryl/α,β-unsaturated/α-hetero) is 1. The number of imide groups is 1. The van der Waals surface area contributed by atoms with E-state index in [2.05, 4.69) is 5.32 Å². The summed E-state index contributed by atoms with van der Waals surface area (Å²) in [6.45, 7) is 0. The van der Waals surface area contributed by atoms with Crippen molar-refractivity contribution < 1.29 is 19.5 Å². The predicted octanol–water partition coefficient (Wildman–Crippen LogP) is 1.83. The molecule has 0 radical (unpaired) electrons. The van der Waals surface area contributed by atoms with E-state index in [0.29, 0.717) is 5.02 Å². The number of nitrogens with two attached hydrogens (primary N) is 1. The highest BCUT2D eigenvalue weighted by molar-refractivity contribution is 6.30. The summed E-state index contributed by atoms with van der Waals surface area (Å²) in [6.07, 6.45) is -0.254. The van der Waals surface area contributed by atoms with E-state index < -0.39 is 30.1 Å². The summed E-state index contributed by atoms with van der Waals surface area (Å²) < 4.78 is 0. The molecule has 0 saturated heterocycles. The predicted molar refractivity (Wildman–Crippen MR) is 93.3 cm³/mol. The zero-order valence-electron chi connectivity index (χ0n) is 13.2. The highest BCUT2D eigenvalue weighted by atomic mass is 35.5. The zero-order chi connectivity index (χ0) is 18.4. The second kappa shape index (κ2) is 8.41. The van der Waals surface area contributed by atoms with Crippen LogP contribution in [0.1, 0.15) is 22.3 Å². The molecular formula is C18H17ClN2O4. The number of phenols is 1. The first-order chi connectivity index (χ1) is 11.8. The Morgan fingerprint density at radius 1 is 1.04 bits per heavy atom. The third-order valence-corrected chi connectivity index (χ3v) is 3.75. The SMILES string of the molecule is NC(Cc1ccc(O)cc1)C(=O)CC(=O)NC(=O)c1ccc(Cl)cc1. The number of halogens is 1. The molecule has 4 N–H and O–H groups in total. The number of hydrogen-bond acceptors (Lipinski definition) is 5. The van der Waals surface area contributed by atoms with Crippen molar-refractivity contribution in [2.24, 2.45) is 5.73 Å². The fourth-order valence-corrected chi connectivity index (χ4v) is 2.26. The molecule has 0 aromatic heterocycles. The molecule has 2 amide bonds. The molecule has 1 atom stereocenters. The molecule has 0 aliphatic rings. The topological polar surface area (TPSA) is 109 Å². The van der Waals surface area contributed by atoms with Crippen molar-refractivity contribution in [1.29, 1.82) is 0 Å². The van der Waals surface area contributed by atoms with Gasteiger partial charge in [-0.15, -0.1) is 0 Å². The van der Waals surface area contributed by atoms with Crippen molar-refractivity contribution in [3.05, 3.63) is 64.7 Å². The Morgan fingerprint density at radius 3 is 2.24 bits per heavy atom. The van der Waals surface area contributed by atoms with Crippen LogP contribution in [0.2, 0.25) is 5.02 Å². The van der Waals surface area contributed by atoms with Crippen LogP contribution >= 0.6 is 11.6 Å². The Kier molecular flexibility index (Phi) is 6.27. The number of carbonyl (C=O) groups is 3. The molecule has 0 spiro atoms. The van der Waals surface area contributed by atoms with E-state index in [9.17, 15) is 19.5 Å². The summed E-state index contributed by atoms with van der Waals surface area (Å²) in [6, 6.07) is 11.4. The number of aromatic hydroxyl groups is 1. The van der Waals surface area contributed by atoms with Crippen LogP contribution in [0.15, 0.2) is 48.5 Å². The van der Waals surface area contributed by atoms with Crippen molar-refractivity contribution in [2.75, 3.05) is 0 Å². The van der Waals surface area contributed by atoms with E-state index in [0.717, 1.165) is 5.56 Å². The summed E-state index contributed by atoms with van der Waals surface area (Å²) in [7, 11) is 0. The van der Waals surface area contributed by atoms with Crippen molar-refractivity contribution in [3.8, 4) is 5.75 Å². The standard InChI is InChI=1S/C18H17ClN2O4/c19-13-5-3-12(4-6-13)18(25)21-17(24)10-16(23)15(20)9-11-1-7-14(22)8-2-11/h1-8,15,22H,9-10,20H2,(H,21,24,25). The Hall–Kier alpha value is -2.70. The Labute approximate surface area is 149 Å². The van der Waals surface area contributed by atoms with Gasteiger partial charge in [-0.1, -0.05) is 23.7 Å². The van der Waals surface area contributed by atoms with Crippen LogP contribution in [0.25, 0.3) is 0 Å². The molecule has 130 valence electrons. The molecule has 0 heterocycles. The van der Waals surface area contributed by atoms with Gasteiger partial charge in [0.05, 0.1) is 12.5 Å². The van der Waals surface area contributed by atoms with Crippen molar-refractivity contribution >= 4 is 29.2 Å². The van der Waals surface area contributed by atoms with Crippen LogP contribution < -0.4 is 11.1 Å². The lowest BCUT2D eigenvalue weighted by atomic mass is 10.0. The van der Waals surface area contributed by atoms with Crippen LogP contribution in [0, 0.1) is 0 Å². The van der Waals surface area contributed by atoms with E-state index in [-0.39, 0.29) is 17.7 Å². The second-order valence-electron chi connectivity index (χ2n) is 5.50. The Morgan fingerprint density at radius 2 is 1.64 bits per heavy atom. The average molecular weight is 361 g/mol. The lowest BCUT2D eigenvalue weighted by Gasteiger charge is -2.11. The maximum Gasteiger partial charge on any atom is 0.257 e. The molecule has 2 aromatic rings. The largest absolute Gasteiger partial charge is 0.508 e. The number of hydrogen-bond donors (Lipinski definition) is 3. The van der Waals surface area contributed by atoms with Crippen LogP contribution in [0.5, 0.6) is 5.75 Å². The first kappa shape index (κ1) is 18.6. The van der Waals surface area contributed by atoms with Gasteiger partial charge in [-0.25, -0.2) is 0 Å². The molecule has 2 rings (SSSR count). The van der Waals surface area contributed by atoms with E-state index >= 15 is 0 Å². The molecule has 1 unspecified atom stereocenters. The second-order valence-corrected chi connectivity index (χ2v) is 5.94. The lowest BCUT2D eigenvalue weighted by Crippen LogP contribution is -2.38. The maximum atomic E-state index is 12.0. The minimum atomic E-state index is -0.874. The maximum absolute atomic E-state index is 12.0. The van der Waals surface area contributed by atoms with Crippen LogP contribution in [0.4, 0.5) is 0 Å². The Bertz CT molecular complexity index is 773. The van der Waals surface area contributed by atoms with Gasteiger partial charge >= 0.3 is 0 Å². The van der Waals surface area contributed by atoms with Gasteiger partial charge in [0.2, 0.25) is 5.91 Å². The van der Waals surface area contributed by atoms with Crippen molar-refractivity contribution in [2.45, 2.75) is 18.9 Å². The van der Waals surface area contributed by atoms with Crippen LogP contribution in [-0.4, -0.2) is 28.7 Å². The normalized spacial score (nSPS) is 11.6. The number of benzene rings is 2. The van der Waals surface area contributed by atoms with Gasteiger partial charge < -0.3 is 10.8 Å². The first-order valence-corrected chi connectivity index (χ1v) is 7.89. The molecular weight excluding hydrogens is 344 g/mol. The molecule has 2 aromatic carbocycles. The summed E-state index contributed by atoms with van der Waals surface area (Å²) in [5.41, 5.74) is 6.83. The monoisotopic (exact) mass is 360 g/mol. The fourth-order valence-electron chi connectivity index (χ4n) is 2.13. The van der Waals surface area contributed by atoms with Gasteiger partial charge in [0, 0.05) is 10.6 Å². The molecule has 0 saturated carbocycles. The van der Waals surface area contributed by atoms with Gasteiger partial charge in [-0.3, -0.25) is 19.7 Å². The third kappa shape index (κ3) is 5.70. The third-order valence-electron chi connectivity index (χ3n) is 3.50. The van der Waals surface area contributed by atoms with Gasteiger partial charge in [0.25, 0.3) is 5.91 Å². The number of nitrogens with one attached hydrogen (secondary N) is 1. The van der Waals surface area contributed by atoms with Crippen molar-refractivity contribution in [3.63, 3.8) is 0 Å². The minimum absolute atomic E-state index is 0.115. The van der Waals surface area contributed by atoms with E-state index in [4.69, 9.17) is 17.3 Å². The smallest absolute Gasteiger partial charge is 0.257 e. The zero-order valence-corrected chi connectivity index (χ0v) is 14.0. The first-order valence-electron chi connectivity index (χ1n) is 7.51. The highest BCUT2D eigenvalue weighted by Crippen LogP contribution is 2.12. The number of ketones is 1. The quantitative estimate of drug-likeness (QED) is 0.681. The van der Waals surface area contributed by atoms with E-state index in [1.807, 2.05) is 0 Å². The average Bonchev–Trinajstić information content (AvgIpc) is 2.57. The molecule has 0 aliphatic heterocycles. The van der Waals surface area contributed by atoms with Crippen LogP contribution in [-0.2, 0) is 16.0 Å². The van der Waals surface area contributed by atoms with Crippen LogP contribution in [0.3, 0.4) is 0 Å². The number of amides is 2. The Balaban J connectivity index is 1.86. The number of rotatable bonds is 6. The molecule has 25 heavy (non-hydrogen) atoms. The van der Waals surface area contributed by atoms with E-state index in [1.165, 1.54) is 36.4 Å². The number of phenolic OH excluding ortho intramolecular Hbond substituents is 1. The minimum Gasteiger partial charge on any atom is -0.508 e. The summed E-state index contributed by atoms with van der Waals surface area (Å²) in [5.74, 6) is -1.69. The molecule has 7 heteroatoms. The lowest BCUT2D eigenvalue weighted by molar-refractivity contribution is -0.128. The number of carbonyl (C=O) groups excluding carboxylic acids is 3. The summed E-state index contributed by atoms with van der Waals surface area (Å²) >= 11 is 5.73.